The van der Waals surface area contributed by atoms with Crippen LogP contribution in [0.1, 0.15) is 162 Å². The standard InChI is InChI=1S/C59H118N18O12S2/c1-3-5-7-14-30-71-56(86)48(37-79)76-59(89)49(77-58(88)46(75-54(84)44(67)20-9-13-26-61)24-11-16-32-69-52(82)42(65)22-18-28-63)39-91-34-33-90-38-40(35-50(80)73-47(36-78)55(85)70-29-6-4-2)72-57(87)45(74-53(83)43(66)19-8-12-25-60)23-10-15-31-68-51(81)41(64)21-17-27-62/h40-49,78-79H,3-39,60-67H2,1-2H3,(H,68,81)(H,69,82)(H,70,85)(H,71,86)(H,72,87)(H,73,80)(H,74,83)(H,75,84)(H,76,89)(H,77,88). The highest BCUT2D eigenvalue weighted by molar-refractivity contribution is 8.03. The summed E-state index contributed by atoms with van der Waals surface area (Å²) in [5, 5.41) is 47.6. The molecule has 10 amide bonds. The molecule has 0 heterocycles. The monoisotopic (exact) mass is 1330 g/mol. The first-order valence-electron chi connectivity index (χ1n) is 32.8. The van der Waals surface area contributed by atoms with Crippen LogP contribution in [-0.4, -0.2) is 218 Å². The van der Waals surface area contributed by atoms with Crippen LogP contribution in [0.4, 0.5) is 0 Å². The van der Waals surface area contributed by atoms with E-state index < -0.39 is 121 Å². The number of carbonyl (C=O) groups is 10. The molecule has 0 aliphatic carbocycles. The van der Waals surface area contributed by atoms with Crippen LogP contribution >= 0.6 is 23.5 Å². The van der Waals surface area contributed by atoms with Crippen molar-refractivity contribution in [2.24, 2.45) is 45.9 Å². The zero-order chi connectivity index (χ0) is 68.2. The normalized spacial score (nSPS) is 14.5. The number of nitrogens with one attached hydrogen (secondary N) is 10. The lowest BCUT2D eigenvalue weighted by Crippen LogP contribution is -2.59. The Hall–Kier alpha value is -5.00. The van der Waals surface area contributed by atoms with Gasteiger partial charge in [0, 0.05) is 61.7 Å². The molecular weight excluding hydrogens is 1220 g/mol. The second-order valence-corrected chi connectivity index (χ2v) is 25.0. The number of unbranched alkanes of at least 4 members (excludes halogenated alkanes) is 8. The minimum atomic E-state index is -1.37. The van der Waals surface area contributed by atoms with Crippen molar-refractivity contribution in [3.05, 3.63) is 0 Å². The van der Waals surface area contributed by atoms with Gasteiger partial charge in [-0.15, -0.1) is 0 Å². The van der Waals surface area contributed by atoms with E-state index in [-0.39, 0.29) is 55.7 Å². The van der Waals surface area contributed by atoms with Gasteiger partial charge in [0.2, 0.25) is 59.1 Å². The Labute approximate surface area is 548 Å². The zero-order valence-electron chi connectivity index (χ0n) is 54.3. The Morgan fingerprint density at radius 3 is 1.14 bits per heavy atom. The number of hydrogen-bond acceptors (Lipinski definition) is 22. The molecule has 0 aliphatic rings. The molecule has 30 nitrogen and oxygen atoms in total. The van der Waals surface area contributed by atoms with Gasteiger partial charge in [-0.2, -0.15) is 23.5 Å². The molecule has 0 aromatic rings. The minimum absolute atomic E-state index is 0.0728. The Morgan fingerprint density at radius 1 is 0.341 bits per heavy atom. The van der Waals surface area contributed by atoms with Crippen molar-refractivity contribution < 1.29 is 58.2 Å². The van der Waals surface area contributed by atoms with Crippen molar-refractivity contribution in [2.45, 2.75) is 222 Å². The third kappa shape index (κ3) is 42.1. The summed E-state index contributed by atoms with van der Waals surface area (Å²) < 4.78 is 0. The van der Waals surface area contributed by atoms with E-state index in [0.29, 0.717) is 154 Å². The molecular formula is C59H118N18O12S2. The lowest BCUT2D eigenvalue weighted by molar-refractivity contribution is -0.134. The first-order chi connectivity index (χ1) is 43.7. The lowest BCUT2D eigenvalue weighted by Gasteiger charge is -2.26. The Balaban J connectivity index is 6.83. The molecule has 10 atom stereocenters. The molecule has 0 rings (SSSR count). The van der Waals surface area contributed by atoms with Crippen molar-refractivity contribution in [3.8, 4) is 0 Å². The Kier molecular flexibility index (Phi) is 52.4. The molecule has 0 radical (unpaired) electrons. The molecule has 0 fully saturated rings. The molecule has 0 aromatic heterocycles. The van der Waals surface area contributed by atoms with E-state index in [2.05, 4.69) is 53.2 Å². The smallest absolute Gasteiger partial charge is 0.244 e. The van der Waals surface area contributed by atoms with E-state index >= 15 is 0 Å². The van der Waals surface area contributed by atoms with Gasteiger partial charge < -0.3 is 109 Å². The topological polar surface area (TPSA) is 540 Å². The summed E-state index contributed by atoms with van der Waals surface area (Å²) in [5.41, 5.74) is 46.9. The maximum Gasteiger partial charge on any atom is 0.244 e. The van der Waals surface area contributed by atoms with Crippen molar-refractivity contribution in [3.63, 3.8) is 0 Å². The second kappa shape index (κ2) is 55.5. The highest BCUT2D eigenvalue weighted by Gasteiger charge is 2.32. The van der Waals surface area contributed by atoms with Crippen LogP contribution < -0.4 is 99.0 Å². The third-order valence-electron chi connectivity index (χ3n) is 14.6. The van der Waals surface area contributed by atoms with E-state index in [1.165, 1.54) is 23.5 Å². The largest absolute Gasteiger partial charge is 0.394 e. The molecule has 91 heavy (non-hydrogen) atoms. The van der Waals surface area contributed by atoms with Crippen LogP contribution in [0.2, 0.25) is 0 Å². The fourth-order valence-corrected chi connectivity index (χ4v) is 11.2. The minimum Gasteiger partial charge on any atom is -0.394 e. The van der Waals surface area contributed by atoms with Crippen LogP contribution in [0.15, 0.2) is 0 Å². The summed E-state index contributed by atoms with van der Waals surface area (Å²) in [6.45, 7) is 5.20. The summed E-state index contributed by atoms with van der Waals surface area (Å²) in [5.74, 6) is -5.26. The van der Waals surface area contributed by atoms with Gasteiger partial charge >= 0.3 is 0 Å². The van der Waals surface area contributed by atoms with E-state index in [4.69, 9.17) is 45.9 Å². The van der Waals surface area contributed by atoms with Crippen LogP contribution in [-0.2, 0) is 47.9 Å². The molecule has 0 saturated carbocycles. The quantitative estimate of drug-likeness (QED) is 0.0258. The average molecular weight is 1340 g/mol. The molecule has 28 N–H and O–H groups in total. The summed E-state index contributed by atoms with van der Waals surface area (Å²) in [7, 11) is 0. The molecule has 0 spiro atoms. The number of amides is 10. The predicted octanol–water partition coefficient (Wildman–Crippen LogP) is -4.03. The van der Waals surface area contributed by atoms with Gasteiger partial charge in [-0.3, -0.25) is 47.9 Å². The third-order valence-corrected chi connectivity index (χ3v) is 17.1. The number of carbonyl (C=O) groups excluding carboxylic acids is 10. The zero-order valence-corrected chi connectivity index (χ0v) is 56.0. The van der Waals surface area contributed by atoms with Gasteiger partial charge in [-0.1, -0.05) is 52.4 Å². The molecule has 10 unspecified atom stereocenters. The molecule has 0 aliphatic heterocycles. The SMILES string of the molecule is CCCCCCNC(=O)C(CO)NC(=O)C(CSCCSCC(CC(=O)NC(CO)C(=O)NCCCC)NC(=O)C(CCCCNC(=O)C(N)CCCN)NC(=O)C(N)CCCCN)NC(=O)C(CCCCNC(=O)C(N)CCCN)NC(=O)C(N)CCCCN. The van der Waals surface area contributed by atoms with Crippen LogP contribution in [0, 0.1) is 0 Å². The summed E-state index contributed by atoms with van der Waals surface area (Å²) >= 11 is 2.55. The second-order valence-electron chi connectivity index (χ2n) is 22.7. The number of aliphatic hydroxyl groups is 2. The number of thioether (sulfide) groups is 2. The Morgan fingerprint density at radius 2 is 0.692 bits per heavy atom. The van der Waals surface area contributed by atoms with Gasteiger partial charge in [-0.05, 0) is 129 Å². The van der Waals surface area contributed by atoms with E-state index in [9.17, 15) is 58.2 Å². The lowest BCUT2D eigenvalue weighted by atomic mass is 10.1. The number of rotatable bonds is 58. The van der Waals surface area contributed by atoms with E-state index in [1.807, 2.05) is 13.8 Å². The predicted molar refractivity (Wildman–Crippen MR) is 358 cm³/mol. The van der Waals surface area contributed by atoms with Gasteiger partial charge in [0.25, 0.3) is 0 Å². The number of nitrogens with two attached hydrogens (primary N) is 8. The van der Waals surface area contributed by atoms with Crippen molar-refractivity contribution >= 4 is 82.6 Å². The molecule has 0 aromatic carbocycles. The Bertz CT molecular complexity index is 2060. The fraction of sp³-hybridized carbons (Fsp3) is 0.831. The van der Waals surface area contributed by atoms with Crippen LogP contribution in [0.25, 0.3) is 0 Å². The van der Waals surface area contributed by atoms with Gasteiger partial charge in [0.15, 0.2) is 0 Å². The van der Waals surface area contributed by atoms with E-state index in [0.717, 1.165) is 25.7 Å². The summed E-state index contributed by atoms with van der Waals surface area (Å²) in [6.07, 6.45) is 11.2. The maximum atomic E-state index is 14.3. The van der Waals surface area contributed by atoms with Gasteiger partial charge in [-0.25, -0.2) is 0 Å². The van der Waals surface area contributed by atoms with Crippen molar-refractivity contribution in [1.82, 2.24) is 53.2 Å². The molecule has 32 heteroatoms. The van der Waals surface area contributed by atoms with E-state index in [1.54, 1.807) is 0 Å². The molecule has 0 bridgehead atoms. The fourth-order valence-electron chi connectivity index (χ4n) is 8.93. The van der Waals surface area contributed by atoms with Crippen molar-refractivity contribution in [2.75, 3.05) is 88.6 Å². The molecule has 0 saturated heterocycles. The summed E-state index contributed by atoms with van der Waals surface area (Å²) in [4.78, 5) is 135. The highest BCUT2D eigenvalue weighted by atomic mass is 32.2. The highest BCUT2D eigenvalue weighted by Crippen LogP contribution is 2.15. The number of aliphatic hydroxyl groups excluding tert-OH is 2. The van der Waals surface area contributed by atoms with Gasteiger partial charge in [0.1, 0.15) is 30.2 Å². The number of hydrogen-bond donors (Lipinski definition) is 20. The first-order valence-corrected chi connectivity index (χ1v) is 35.1. The maximum absolute atomic E-state index is 14.3. The average Bonchev–Trinajstić information content (AvgIpc) is 2.74. The van der Waals surface area contributed by atoms with Crippen molar-refractivity contribution in [1.29, 1.82) is 0 Å². The molecule has 528 valence electrons. The van der Waals surface area contributed by atoms with Crippen LogP contribution in [0.5, 0.6) is 0 Å². The van der Waals surface area contributed by atoms with Crippen LogP contribution in [0.3, 0.4) is 0 Å². The first kappa shape index (κ1) is 86.0. The van der Waals surface area contributed by atoms with Gasteiger partial charge in [0.05, 0.1) is 37.4 Å². The summed E-state index contributed by atoms with van der Waals surface area (Å²) in [6, 6.07) is -10.7.